The zero-order valence-corrected chi connectivity index (χ0v) is 17.9. The van der Waals surface area contributed by atoms with Crippen molar-refractivity contribution >= 4 is 11.8 Å². The number of hydrogen-bond donors (Lipinski definition) is 1. The highest BCUT2D eigenvalue weighted by Crippen LogP contribution is 2.67. The maximum Gasteiger partial charge on any atom is 0.305 e. The summed E-state index contributed by atoms with van der Waals surface area (Å²) in [7, 11) is 0. The number of aliphatic hydroxyl groups is 1. The van der Waals surface area contributed by atoms with Crippen LogP contribution in [-0.2, 0) is 14.3 Å². The summed E-state index contributed by atoms with van der Waals surface area (Å²) < 4.78 is 5.90. The van der Waals surface area contributed by atoms with E-state index in [-0.39, 0.29) is 41.2 Å². The fourth-order valence-electron chi connectivity index (χ4n) is 7.87. The van der Waals surface area contributed by atoms with Crippen molar-refractivity contribution < 1.29 is 19.4 Å². The molecule has 3 saturated carbocycles. The minimum Gasteiger partial charge on any atom is -0.462 e. The maximum atomic E-state index is 12.3. The summed E-state index contributed by atoms with van der Waals surface area (Å²) in [6.45, 7) is 8.86. The first-order valence-electron chi connectivity index (χ1n) is 11.3. The Balaban J connectivity index is 1.69. The van der Waals surface area contributed by atoms with E-state index < -0.39 is 0 Å². The molecule has 0 bridgehead atoms. The molecule has 3 unspecified atom stereocenters. The van der Waals surface area contributed by atoms with Crippen LogP contribution in [0.15, 0.2) is 11.6 Å². The molecule has 0 spiro atoms. The molecule has 4 aliphatic carbocycles. The molecular formula is C24H36O4. The first kappa shape index (κ1) is 20.1. The summed E-state index contributed by atoms with van der Waals surface area (Å²) in [6, 6.07) is 0. The van der Waals surface area contributed by atoms with Crippen LogP contribution in [0, 0.1) is 40.4 Å². The number of carbonyl (C=O) groups is 2. The van der Waals surface area contributed by atoms with Gasteiger partial charge in [-0.05, 0) is 67.8 Å². The Morgan fingerprint density at radius 3 is 2.64 bits per heavy atom. The third-order valence-electron chi connectivity index (χ3n) is 9.25. The average molecular weight is 389 g/mol. The molecule has 3 fully saturated rings. The van der Waals surface area contributed by atoms with Crippen molar-refractivity contribution in [3.8, 4) is 0 Å². The van der Waals surface area contributed by atoms with Gasteiger partial charge in [0.05, 0.1) is 6.61 Å². The van der Waals surface area contributed by atoms with Gasteiger partial charge in [-0.25, -0.2) is 0 Å². The Kier molecular flexibility index (Phi) is 5.01. The van der Waals surface area contributed by atoms with E-state index in [4.69, 9.17) is 4.74 Å². The van der Waals surface area contributed by atoms with E-state index in [0.29, 0.717) is 36.5 Å². The lowest BCUT2D eigenvalue weighted by Crippen LogP contribution is -2.58. The van der Waals surface area contributed by atoms with Crippen LogP contribution in [0.5, 0.6) is 0 Å². The van der Waals surface area contributed by atoms with Crippen LogP contribution in [0.1, 0.15) is 72.6 Å². The van der Waals surface area contributed by atoms with Gasteiger partial charge in [-0.3, -0.25) is 9.59 Å². The van der Waals surface area contributed by atoms with Crippen molar-refractivity contribution in [3.63, 3.8) is 0 Å². The second kappa shape index (κ2) is 6.97. The van der Waals surface area contributed by atoms with Gasteiger partial charge in [-0.15, -0.1) is 0 Å². The van der Waals surface area contributed by atoms with E-state index in [1.165, 1.54) is 5.57 Å². The van der Waals surface area contributed by atoms with Crippen LogP contribution >= 0.6 is 0 Å². The van der Waals surface area contributed by atoms with Gasteiger partial charge in [0.15, 0.2) is 5.78 Å². The smallest absolute Gasteiger partial charge is 0.305 e. The minimum atomic E-state index is -0.232. The zero-order chi connectivity index (χ0) is 20.3. The predicted octanol–water partition coefficient (Wildman–Crippen LogP) is 4.30. The molecule has 0 heterocycles. The number of hydrogen-bond acceptors (Lipinski definition) is 4. The van der Waals surface area contributed by atoms with Crippen molar-refractivity contribution in [2.24, 2.45) is 40.4 Å². The van der Waals surface area contributed by atoms with Gasteiger partial charge in [0.2, 0.25) is 0 Å². The zero-order valence-electron chi connectivity index (χ0n) is 17.9. The van der Waals surface area contributed by atoms with Crippen molar-refractivity contribution in [1.82, 2.24) is 0 Å². The van der Waals surface area contributed by atoms with E-state index in [1.807, 2.05) is 13.0 Å². The molecule has 0 aromatic heterocycles. The lowest BCUT2D eigenvalue weighted by molar-refractivity contribution is -0.163. The lowest BCUT2D eigenvalue weighted by atomic mass is 9.43. The van der Waals surface area contributed by atoms with Crippen molar-refractivity contribution in [2.75, 3.05) is 6.61 Å². The largest absolute Gasteiger partial charge is 0.462 e. The number of ether oxygens (including phenoxy) is 1. The van der Waals surface area contributed by atoms with Crippen LogP contribution in [0.4, 0.5) is 0 Å². The SMILES string of the molecule is CCC(=O)OC1CC[C@H]2[C@@H]3C(C)CC4=CC(=O)CC(C)[C@]4(CO)[C@@H]3CC[C@]12C. The van der Waals surface area contributed by atoms with E-state index in [9.17, 15) is 14.7 Å². The van der Waals surface area contributed by atoms with Crippen LogP contribution in [-0.4, -0.2) is 29.6 Å². The highest BCUT2D eigenvalue weighted by atomic mass is 16.5. The average Bonchev–Trinajstić information content (AvgIpc) is 2.97. The minimum absolute atomic E-state index is 0.0328. The molecule has 8 atom stereocenters. The fraction of sp³-hybridized carbons (Fsp3) is 0.833. The molecule has 4 rings (SSSR count). The number of fused-ring (bicyclic) bond motifs is 5. The van der Waals surface area contributed by atoms with Crippen LogP contribution in [0.3, 0.4) is 0 Å². The summed E-state index contributed by atoms with van der Waals surface area (Å²) in [5.41, 5.74) is 1.03. The quantitative estimate of drug-likeness (QED) is 0.732. The summed E-state index contributed by atoms with van der Waals surface area (Å²) in [4.78, 5) is 24.3. The van der Waals surface area contributed by atoms with E-state index in [0.717, 1.165) is 32.1 Å². The number of carbonyl (C=O) groups excluding carboxylic acids is 2. The Labute approximate surface area is 169 Å². The molecular weight excluding hydrogens is 352 g/mol. The molecule has 0 saturated heterocycles. The third kappa shape index (κ3) is 2.66. The van der Waals surface area contributed by atoms with Crippen molar-refractivity contribution in [3.05, 3.63) is 11.6 Å². The standard InChI is InChI=1S/C24H36O4/c1-5-21(27)28-20-7-6-18-22-14(2)10-16-12-17(26)11-15(3)24(16,13-25)19(22)8-9-23(18,20)4/h12,14-15,18-20,22,25H,5-11,13H2,1-4H3/t14?,15?,18-,19+,20?,22-,23-,24-/m0/s1. The molecule has 4 heteroatoms. The van der Waals surface area contributed by atoms with E-state index in [1.54, 1.807) is 0 Å². The summed E-state index contributed by atoms with van der Waals surface area (Å²) in [5.74, 6) is 2.33. The van der Waals surface area contributed by atoms with Gasteiger partial charge in [-0.1, -0.05) is 33.3 Å². The number of esters is 1. The molecule has 0 radical (unpaired) electrons. The van der Waals surface area contributed by atoms with E-state index in [2.05, 4.69) is 20.8 Å². The Bertz CT molecular complexity index is 697. The first-order valence-corrected chi connectivity index (χ1v) is 11.3. The van der Waals surface area contributed by atoms with Crippen molar-refractivity contribution in [1.29, 1.82) is 0 Å². The number of aliphatic hydroxyl groups excluding tert-OH is 1. The maximum absolute atomic E-state index is 12.3. The molecule has 0 amide bonds. The first-order chi connectivity index (χ1) is 13.3. The highest BCUT2D eigenvalue weighted by molar-refractivity contribution is 5.92. The predicted molar refractivity (Wildman–Crippen MR) is 107 cm³/mol. The molecule has 4 aliphatic rings. The number of rotatable bonds is 3. The Morgan fingerprint density at radius 1 is 1.21 bits per heavy atom. The molecule has 0 aliphatic heterocycles. The van der Waals surface area contributed by atoms with Gasteiger partial charge >= 0.3 is 5.97 Å². The monoisotopic (exact) mass is 388 g/mol. The summed E-state index contributed by atoms with van der Waals surface area (Å²) in [5, 5.41) is 10.6. The fourth-order valence-corrected chi connectivity index (χ4v) is 7.87. The number of ketones is 1. The molecule has 156 valence electrons. The van der Waals surface area contributed by atoms with Crippen LogP contribution in [0.2, 0.25) is 0 Å². The van der Waals surface area contributed by atoms with Gasteiger partial charge in [0.1, 0.15) is 6.10 Å². The van der Waals surface area contributed by atoms with Gasteiger partial charge in [0, 0.05) is 23.7 Å². The molecule has 0 aromatic carbocycles. The Hall–Kier alpha value is -1.16. The lowest BCUT2D eigenvalue weighted by Gasteiger charge is -2.62. The van der Waals surface area contributed by atoms with E-state index >= 15 is 0 Å². The molecule has 0 aromatic rings. The second-order valence-electron chi connectivity index (χ2n) is 10.4. The highest BCUT2D eigenvalue weighted by Gasteiger charge is 2.63. The Morgan fingerprint density at radius 2 is 1.96 bits per heavy atom. The second-order valence-corrected chi connectivity index (χ2v) is 10.4. The van der Waals surface area contributed by atoms with Gasteiger partial charge in [-0.2, -0.15) is 0 Å². The molecule has 1 N–H and O–H groups in total. The normalized spacial score (nSPS) is 47.6. The van der Waals surface area contributed by atoms with Crippen LogP contribution in [0.25, 0.3) is 0 Å². The van der Waals surface area contributed by atoms with Crippen molar-refractivity contribution in [2.45, 2.75) is 78.7 Å². The topological polar surface area (TPSA) is 63.6 Å². The molecule has 28 heavy (non-hydrogen) atoms. The molecule has 4 nitrogen and oxygen atoms in total. The van der Waals surface area contributed by atoms with Gasteiger partial charge < -0.3 is 9.84 Å². The third-order valence-corrected chi connectivity index (χ3v) is 9.25. The van der Waals surface area contributed by atoms with Gasteiger partial charge in [0.25, 0.3) is 0 Å². The van der Waals surface area contributed by atoms with Crippen LogP contribution < -0.4 is 0 Å². The summed E-state index contributed by atoms with van der Waals surface area (Å²) >= 11 is 0. The summed E-state index contributed by atoms with van der Waals surface area (Å²) in [6.07, 6.45) is 7.99.